The molecule has 2 aromatic heterocycles. The Kier molecular flexibility index (Phi) is 4.62. The van der Waals surface area contributed by atoms with Crippen molar-refractivity contribution in [1.82, 2.24) is 24.8 Å². The average molecular weight is 367 g/mol. The van der Waals surface area contributed by atoms with Crippen molar-refractivity contribution in [3.63, 3.8) is 0 Å². The minimum absolute atomic E-state index is 0.109. The highest BCUT2D eigenvalue weighted by atomic mass is 16.5. The first-order chi connectivity index (χ1) is 13.2. The summed E-state index contributed by atoms with van der Waals surface area (Å²) in [6, 6.07) is 9.01. The van der Waals surface area contributed by atoms with Gasteiger partial charge in [0.1, 0.15) is 17.5 Å². The lowest BCUT2D eigenvalue weighted by Gasteiger charge is -2.20. The number of rotatable bonds is 5. The van der Waals surface area contributed by atoms with Gasteiger partial charge < -0.3 is 14.2 Å². The van der Waals surface area contributed by atoms with Crippen molar-refractivity contribution in [3.05, 3.63) is 48.1 Å². The number of amides is 1. The molecule has 0 radical (unpaired) electrons. The maximum Gasteiger partial charge on any atom is 0.275 e. The zero-order valence-electron chi connectivity index (χ0n) is 15.3. The second-order valence-electron chi connectivity index (χ2n) is 6.37. The molecule has 1 atom stereocenters. The maximum absolute atomic E-state index is 12.9. The highest BCUT2D eigenvalue weighted by Gasteiger charge is 2.35. The molecule has 3 aromatic rings. The molecule has 0 bridgehead atoms. The SMILES string of the molecule is CCn1ccc(C(=O)N2CCC[C@@H]2c2nc(-c3ccccc3OC)no2)n1. The van der Waals surface area contributed by atoms with E-state index in [4.69, 9.17) is 9.26 Å². The van der Waals surface area contributed by atoms with E-state index in [0.29, 0.717) is 29.7 Å². The molecule has 1 aliphatic rings. The number of hydrogen-bond donors (Lipinski definition) is 0. The van der Waals surface area contributed by atoms with Crippen LogP contribution >= 0.6 is 0 Å². The summed E-state index contributed by atoms with van der Waals surface area (Å²) >= 11 is 0. The quantitative estimate of drug-likeness (QED) is 0.689. The Morgan fingerprint density at radius 2 is 2.19 bits per heavy atom. The summed E-state index contributed by atoms with van der Waals surface area (Å²) < 4.78 is 12.6. The van der Waals surface area contributed by atoms with Crippen LogP contribution in [0.5, 0.6) is 5.75 Å². The van der Waals surface area contributed by atoms with Crippen LogP contribution in [0.1, 0.15) is 42.2 Å². The van der Waals surface area contributed by atoms with Gasteiger partial charge in [0.05, 0.1) is 12.7 Å². The number of carbonyl (C=O) groups is 1. The van der Waals surface area contributed by atoms with Crippen LogP contribution in [0.15, 0.2) is 41.1 Å². The van der Waals surface area contributed by atoms with Crippen LogP contribution < -0.4 is 4.74 Å². The van der Waals surface area contributed by atoms with E-state index in [9.17, 15) is 4.79 Å². The number of methoxy groups -OCH3 is 1. The van der Waals surface area contributed by atoms with Crippen LogP contribution in [0.3, 0.4) is 0 Å². The molecular weight excluding hydrogens is 346 g/mol. The van der Waals surface area contributed by atoms with Crippen molar-refractivity contribution in [2.24, 2.45) is 0 Å². The normalized spacial score (nSPS) is 16.7. The predicted octanol–water partition coefficient (Wildman–Crippen LogP) is 2.94. The van der Waals surface area contributed by atoms with Crippen molar-refractivity contribution in [3.8, 4) is 17.1 Å². The van der Waals surface area contributed by atoms with E-state index >= 15 is 0 Å². The highest BCUT2D eigenvalue weighted by Crippen LogP contribution is 2.34. The third kappa shape index (κ3) is 3.18. The zero-order chi connectivity index (χ0) is 18.8. The van der Waals surface area contributed by atoms with E-state index in [1.165, 1.54) is 0 Å². The van der Waals surface area contributed by atoms with Crippen molar-refractivity contribution >= 4 is 5.91 Å². The van der Waals surface area contributed by atoms with Gasteiger partial charge in [0, 0.05) is 19.3 Å². The minimum Gasteiger partial charge on any atom is -0.496 e. The molecule has 1 aliphatic heterocycles. The van der Waals surface area contributed by atoms with Gasteiger partial charge in [0.25, 0.3) is 5.91 Å². The number of carbonyl (C=O) groups excluding carboxylic acids is 1. The first-order valence-electron chi connectivity index (χ1n) is 9.02. The van der Waals surface area contributed by atoms with E-state index in [1.54, 1.807) is 22.8 Å². The van der Waals surface area contributed by atoms with E-state index in [2.05, 4.69) is 15.2 Å². The molecule has 0 aliphatic carbocycles. The molecule has 8 heteroatoms. The van der Waals surface area contributed by atoms with E-state index < -0.39 is 0 Å². The summed E-state index contributed by atoms with van der Waals surface area (Å²) in [5.74, 6) is 1.46. The summed E-state index contributed by atoms with van der Waals surface area (Å²) in [5.41, 5.74) is 1.20. The predicted molar refractivity (Wildman–Crippen MR) is 97.2 cm³/mol. The average Bonchev–Trinajstić information content (AvgIpc) is 3.47. The second-order valence-corrected chi connectivity index (χ2v) is 6.37. The Bertz CT molecular complexity index is 948. The number of hydrogen-bond acceptors (Lipinski definition) is 6. The fourth-order valence-corrected chi connectivity index (χ4v) is 3.37. The molecule has 1 aromatic carbocycles. The van der Waals surface area contributed by atoms with Gasteiger partial charge in [-0.05, 0) is 38.0 Å². The van der Waals surface area contributed by atoms with Crippen LogP contribution in [-0.4, -0.2) is 44.4 Å². The van der Waals surface area contributed by atoms with Crippen LogP contribution in [0.25, 0.3) is 11.4 Å². The monoisotopic (exact) mass is 367 g/mol. The molecule has 27 heavy (non-hydrogen) atoms. The lowest BCUT2D eigenvalue weighted by molar-refractivity contribution is 0.0703. The topological polar surface area (TPSA) is 86.3 Å². The zero-order valence-corrected chi connectivity index (χ0v) is 15.3. The number of aryl methyl sites for hydroxylation is 1. The molecule has 3 heterocycles. The van der Waals surface area contributed by atoms with E-state index in [1.807, 2.05) is 37.4 Å². The number of nitrogens with zero attached hydrogens (tertiary/aromatic N) is 5. The first kappa shape index (κ1) is 17.3. The summed E-state index contributed by atoms with van der Waals surface area (Å²) in [4.78, 5) is 19.2. The minimum atomic E-state index is -0.236. The Morgan fingerprint density at radius 3 is 2.96 bits per heavy atom. The van der Waals surface area contributed by atoms with Crippen molar-refractivity contribution in [2.75, 3.05) is 13.7 Å². The molecule has 0 unspecified atom stereocenters. The lowest BCUT2D eigenvalue weighted by atomic mass is 10.2. The molecule has 140 valence electrons. The molecule has 8 nitrogen and oxygen atoms in total. The van der Waals surface area contributed by atoms with Gasteiger partial charge in [-0.3, -0.25) is 9.48 Å². The summed E-state index contributed by atoms with van der Waals surface area (Å²) in [6.07, 6.45) is 3.48. The van der Waals surface area contributed by atoms with Gasteiger partial charge in [0.2, 0.25) is 11.7 Å². The second kappa shape index (κ2) is 7.22. The Hall–Kier alpha value is -3.16. The number of para-hydroxylation sites is 1. The smallest absolute Gasteiger partial charge is 0.275 e. The Labute approximate surface area is 156 Å². The fourth-order valence-electron chi connectivity index (χ4n) is 3.37. The first-order valence-corrected chi connectivity index (χ1v) is 9.02. The van der Waals surface area contributed by atoms with Gasteiger partial charge in [-0.1, -0.05) is 17.3 Å². The van der Waals surface area contributed by atoms with Crippen molar-refractivity contribution in [2.45, 2.75) is 32.4 Å². The van der Waals surface area contributed by atoms with Crippen molar-refractivity contribution < 1.29 is 14.1 Å². The number of ether oxygens (including phenoxy) is 1. The summed E-state index contributed by atoms with van der Waals surface area (Å²) in [7, 11) is 1.60. The number of aromatic nitrogens is 4. The van der Waals surface area contributed by atoms with Crippen LogP contribution in [-0.2, 0) is 6.54 Å². The fraction of sp³-hybridized carbons (Fsp3) is 0.368. The molecule has 0 spiro atoms. The van der Waals surface area contributed by atoms with Crippen LogP contribution in [0, 0.1) is 0 Å². The lowest BCUT2D eigenvalue weighted by Crippen LogP contribution is -2.31. The van der Waals surface area contributed by atoms with Crippen LogP contribution in [0.2, 0.25) is 0 Å². The van der Waals surface area contributed by atoms with Crippen LogP contribution in [0.4, 0.5) is 0 Å². The molecule has 0 saturated carbocycles. The molecule has 0 N–H and O–H groups in total. The van der Waals surface area contributed by atoms with Gasteiger partial charge in [0.15, 0.2) is 0 Å². The summed E-state index contributed by atoms with van der Waals surface area (Å²) in [6.45, 7) is 3.36. The molecule has 1 amide bonds. The summed E-state index contributed by atoms with van der Waals surface area (Å²) in [5, 5.41) is 8.42. The molecule has 4 rings (SSSR count). The van der Waals surface area contributed by atoms with Gasteiger partial charge in [-0.25, -0.2) is 0 Å². The van der Waals surface area contributed by atoms with E-state index in [-0.39, 0.29) is 11.9 Å². The Balaban J connectivity index is 1.59. The largest absolute Gasteiger partial charge is 0.496 e. The third-order valence-electron chi connectivity index (χ3n) is 4.77. The Morgan fingerprint density at radius 1 is 1.33 bits per heavy atom. The molecule has 1 saturated heterocycles. The highest BCUT2D eigenvalue weighted by molar-refractivity contribution is 5.92. The standard InChI is InChI=1S/C19H21N5O3/c1-3-23-12-10-14(21-23)19(25)24-11-6-8-15(24)18-20-17(22-27-18)13-7-4-5-9-16(13)26-2/h4-5,7,9-10,12,15H,3,6,8,11H2,1-2H3/t15-/m1/s1. The number of benzene rings is 1. The maximum atomic E-state index is 12.9. The molecule has 1 fully saturated rings. The third-order valence-corrected chi connectivity index (χ3v) is 4.77. The van der Waals surface area contributed by atoms with Gasteiger partial charge in [-0.2, -0.15) is 10.1 Å². The van der Waals surface area contributed by atoms with E-state index in [0.717, 1.165) is 24.9 Å². The number of likely N-dealkylation sites (tertiary alicyclic amines) is 1. The molecular formula is C19H21N5O3. The van der Waals surface area contributed by atoms with Crippen molar-refractivity contribution in [1.29, 1.82) is 0 Å². The van der Waals surface area contributed by atoms with Gasteiger partial charge >= 0.3 is 0 Å². The van der Waals surface area contributed by atoms with Gasteiger partial charge in [-0.15, -0.1) is 0 Å².